The average molecular weight is 1470 g/mol. The van der Waals surface area contributed by atoms with Crippen LogP contribution in [0.1, 0.15) is 323 Å². The average Bonchev–Trinajstić information content (AvgIpc) is 1.21. The van der Waals surface area contributed by atoms with E-state index < -0.39 is 97.5 Å². The van der Waals surface area contributed by atoms with Crippen molar-refractivity contribution in [3.05, 3.63) is 122 Å². The number of phosphoric ester groups is 2. The van der Waals surface area contributed by atoms with E-state index in [1.165, 1.54) is 83.5 Å². The third kappa shape index (κ3) is 73.8. The lowest BCUT2D eigenvalue weighted by molar-refractivity contribution is -0.161. The Morgan fingerprint density at radius 1 is 0.275 bits per heavy atom. The van der Waals surface area contributed by atoms with E-state index >= 15 is 0 Å². The van der Waals surface area contributed by atoms with Crippen LogP contribution in [0.15, 0.2) is 122 Å². The third-order valence-corrected chi connectivity index (χ3v) is 18.3. The molecule has 17 nitrogen and oxygen atoms in total. The van der Waals surface area contributed by atoms with Crippen molar-refractivity contribution >= 4 is 39.5 Å². The lowest BCUT2D eigenvalue weighted by Crippen LogP contribution is -2.30. The molecule has 0 radical (unpaired) electrons. The van der Waals surface area contributed by atoms with Crippen LogP contribution in [0.25, 0.3) is 0 Å². The molecule has 0 amide bonds. The topological polar surface area (TPSA) is 237 Å². The summed E-state index contributed by atoms with van der Waals surface area (Å²) in [6, 6.07) is 0. The smallest absolute Gasteiger partial charge is 0.462 e. The molecule has 0 rings (SSSR count). The Morgan fingerprint density at radius 2 is 0.500 bits per heavy atom. The van der Waals surface area contributed by atoms with Gasteiger partial charge in [0.2, 0.25) is 0 Å². The molecular weight excluding hydrogens is 1330 g/mol. The summed E-state index contributed by atoms with van der Waals surface area (Å²) >= 11 is 0. The molecular formula is C83H142O17P2. The molecule has 0 aromatic carbocycles. The summed E-state index contributed by atoms with van der Waals surface area (Å²) < 4.78 is 68.5. The van der Waals surface area contributed by atoms with Crippen LogP contribution in [-0.2, 0) is 65.4 Å². The molecule has 0 fully saturated rings. The van der Waals surface area contributed by atoms with E-state index in [1.54, 1.807) is 0 Å². The first kappa shape index (κ1) is 97.5. The Bertz CT molecular complexity index is 2410. The van der Waals surface area contributed by atoms with E-state index in [0.717, 1.165) is 154 Å². The SMILES string of the molecule is CCCCC/C=C\C/C=C\C/C=C\C/C=C\C/C=C\CCC(=O)O[C@H](COC(=O)CCCCCCC/C=C\C/C=C\CCCCC)COP(=O)(O)OC[C@@H](O)COP(=O)(O)OC[C@@H](COC(=O)CCCCCCC/C=C\CCCCCC)OC(=O)CCCCCCC/C=C\C/C=C\CCCCC. The van der Waals surface area contributed by atoms with Gasteiger partial charge in [0.25, 0.3) is 0 Å². The zero-order valence-electron chi connectivity index (χ0n) is 64.0. The lowest BCUT2D eigenvalue weighted by atomic mass is 10.1. The largest absolute Gasteiger partial charge is 0.472 e. The summed E-state index contributed by atoms with van der Waals surface area (Å²) in [5, 5.41) is 10.6. The van der Waals surface area contributed by atoms with Gasteiger partial charge in [-0.15, -0.1) is 0 Å². The number of ether oxygens (including phenoxy) is 4. The van der Waals surface area contributed by atoms with Gasteiger partial charge in [0.1, 0.15) is 19.3 Å². The molecule has 102 heavy (non-hydrogen) atoms. The molecule has 19 heteroatoms. The second-order valence-corrected chi connectivity index (χ2v) is 29.2. The quantitative estimate of drug-likeness (QED) is 0.0169. The zero-order chi connectivity index (χ0) is 74.6. The van der Waals surface area contributed by atoms with E-state index in [4.69, 9.17) is 37.0 Å². The summed E-state index contributed by atoms with van der Waals surface area (Å²) in [4.78, 5) is 72.9. The van der Waals surface area contributed by atoms with Crippen LogP contribution in [0.5, 0.6) is 0 Å². The maximum absolute atomic E-state index is 13.1. The molecule has 0 spiro atoms. The van der Waals surface area contributed by atoms with Crippen LogP contribution >= 0.6 is 15.6 Å². The Kier molecular flexibility index (Phi) is 71.4. The Balaban J connectivity index is 5.46. The Hall–Kier alpha value is -4.54. The van der Waals surface area contributed by atoms with Crippen molar-refractivity contribution < 1.29 is 80.2 Å². The van der Waals surface area contributed by atoms with Crippen molar-refractivity contribution in [3.63, 3.8) is 0 Å². The van der Waals surface area contributed by atoms with Gasteiger partial charge in [-0.1, -0.05) is 265 Å². The fourth-order valence-corrected chi connectivity index (χ4v) is 11.8. The maximum atomic E-state index is 13.1. The number of allylic oxidation sites excluding steroid dienone is 20. The number of hydrogen-bond acceptors (Lipinski definition) is 15. The lowest BCUT2D eigenvalue weighted by Gasteiger charge is -2.21. The van der Waals surface area contributed by atoms with Crippen LogP contribution in [0.3, 0.4) is 0 Å². The van der Waals surface area contributed by atoms with Crippen LogP contribution in [0, 0.1) is 0 Å². The molecule has 0 bridgehead atoms. The highest BCUT2D eigenvalue weighted by Gasteiger charge is 2.30. The molecule has 0 aliphatic rings. The zero-order valence-corrected chi connectivity index (χ0v) is 65.8. The van der Waals surface area contributed by atoms with Gasteiger partial charge in [-0.3, -0.25) is 37.3 Å². The summed E-state index contributed by atoms with van der Waals surface area (Å²) in [6.07, 6.45) is 81.9. The Morgan fingerprint density at radius 3 is 0.824 bits per heavy atom. The second kappa shape index (κ2) is 74.7. The summed E-state index contributed by atoms with van der Waals surface area (Å²) in [5.74, 6) is -2.31. The number of aliphatic hydroxyl groups excluding tert-OH is 1. The molecule has 0 aromatic heterocycles. The van der Waals surface area contributed by atoms with Crippen LogP contribution in [-0.4, -0.2) is 96.7 Å². The van der Waals surface area contributed by atoms with E-state index in [9.17, 15) is 43.2 Å². The number of aliphatic hydroxyl groups is 1. The number of carbonyl (C=O) groups excluding carboxylic acids is 4. The van der Waals surface area contributed by atoms with E-state index in [2.05, 4.69) is 131 Å². The van der Waals surface area contributed by atoms with Crippen molar-refractivity contribution in [2.45, 2.75) is 341 Å². The number of phosphoric acid groups is 2. The number of esters is 4. The van der Waals surface area contributed by atoms with Gasteiger partial charge < -0.3 is 33.8 Å². The summed E-state index contributed by atoms with van der Waals surface area (Å²) in [6.45, 7) is 4.66. The molecule has 2 unspecified atom stereocenters. The van der Waals surface area contributed by atoms with Crippen LogP contribution in [0.4, 0.5) is 0 Å². The number of rotatable bonds is 74. The molecule has 586 valence electrons. The van der Waals surface area contributed by atoms with Gasteiger partial charge in [0.05, 0.1) is 26.4 Å². The highest BCUT2D eigenvalue weighted by molar-refractivity contribution is 7.47. The summed E-state index contributed by atoms with van der Waals surface area (Å²) in [5.41, 5.74) is 0. The first-order chi connectivity index (χ1) is 49.7. The molecule has 0 heterocycles. The van der Waals surface area contributed by atoms with E-state index in [0.29, 0.717) is 32.1 Å². The predicted molar refractivity (Wildman–Crippen MR) is 418 cm³/mol. The second-order valence-electron chi connectivity index (χ2n) is 26.3. The van der Waals surface area contributed by atoms with Crippen LogP contribution < -0.4 is 0 Å². The first-order valence-electron chi connectivity index (χ1n) is 39.8. The number of carbonyl (C=O) groups is 4. The normalized spacial score (nSPS) is 14.5. The molecule has 0 saturated carbocycles. The maximum Gasteiger partial charge on any atom is 0.472 e. The molecule has 0 aliphatic heterocycles. The molecule has 3 N–H and O–H groups in total. The van der Waals surface area contributed by atoms with Gasteiger partial charge >= 0.3 is 39.5 Å². The predicted octanol–water partition coefficient (Wildman–Crippen LogP) is 23.1. The first-order valence-corrected chi connectivity index (χ1v) is 42.8. The molecule has 0 aliphatic carbocycles. The minimum absolute atomic E-state index is 0.0338. The van der Waals surface area contributed by atoms with Crippen molar-refractivity contribution in [2.24, 2.45) is 0 Å². The number of unbranched alkanes of at least 4 members (excludes halogenated alkanes) is 28. The van der Waals surface area contributed by atoms with Gasteiger partial charge in [0.15, 0.2) is 12.2 Å². The van der Waals surface area contributed by atoms with Crippen molar-refractivity contribution in [3.8, 4) is 0 Å². The Labute approximate surface area is 619 Å². The molecule has 5 atom stereocenters. The van der Waals surface area contributed by atoms with Gasteiger partial charge in [-0.25, -0.2) is 9.13 Å². The monoisotopic (exact) mass is 1470 g/mol. The van der Waals surface area contributed by atoms with Crippen LogP contribution in [0.2, 0.25) is 0 Å². The van der Waals surface area contributed by atoms with Crippen molar-refractivity contribution in [1.82, 2.24) is 0 Å². The summed E-state index contributed by atoms with van der Waals surface area (Å²) in [7, 11) is -9.99. The van der Waals surface area contributed by atoms with Crippen molar-refractivity contribution in [2.75, 3.05) is 39.6 Å². The standard InChI is InChI=1S/C83H142O17P2/c1-5-9-13-17-21-25-29-33-36-37-38-39-42-46-50-54-58-62-66-70-83(88)100-79(74-94-81(86)68-64-60-56-52-48-44-40-34-30-26-22-18-14-10-6-2)76-98-102(91,92)96-72-77(84)71-95-101(89,90)97-75-78(73-93-80(85)67-63-59-55-51-47-43-32-28-24-20-16-12-8-4)99-82(87)69-65-61-57-53-49-45-41-35-31-27-23-19-15-11-7-3/h21-23,25-28,32-36,38-41,46,50,58,62,77-79,84H,5-20,24,29-31,37,42-45,47-49,51-57,59-61,63-76H2,1-4H3,(H,89,90)(H,91,92)/b25-21-,26-22-,27-23-,32-28-,36-33-,39-38-,40-34-,41-35-,50-46-,62-58-/t77-,78+,79+/m0/s1. The minimum Gasteiger partial charge on any atom is -0.462 e. The fourth-order valence-electron chi connectivity index (χ4n) is 10.3. The highest BCUT2D eigenvalue weighted by Crippen LogP contribution is 2.45. The van der Waals surface area contributed by atoms with Gasteiger partial charge in [0, 0.05) is 25.7 Å². The fraction of sp³-hybridized carbons (Fsp3) is 0.711. The molecule has 0 aromatic rings. The molecule has 0 saturated heterocycles. The minimum atomic E-state index is -5.00. The van der Waals surface area contributed by atoms with E-state index in [-0.39, 0.29) is 25.7 Å². The van der Waals surface area contributed by atoms with E-state index in [1.807, 2.05) is 18.2 Å². The van der Waals surface area contributed by atoms with Gasteiger partial charge in [-0.2, -0.15) is 0 Å². The number of hydrogen-bond donors (Lipinski definition) is 3. The van der Waals surface area contributed by atoms with Gasteiger partial charge in [-0.05, 0) is 154 Å². The third-order valence-electron chi connectivity index (χ3n) is 16.4. The van der Waals surface area contributed by atoms with Crippen molar-refractivity contribution in [1.29, 1.82) is 0 Å². The highest BCUT2D eigenvalue weighted by atomic mass is 31.2.